The number of aryl methyl sites for hydroxylation is 1. The van der Waals surface area contributed by atoms with E-state index < -0.39 is 27.3 Å². The highest BCUT2D eigenvalue weighted by Gasteiger charge is 2.29. The maximum atomic E-state index is 14.9. The fourth-order valence-corrected chi connectivity index (χ4v) is 6.27. The van der Waals surface area contributed by atoms with Crippen molar-refractivity contribution >= 4 is 38.4 Å². The summed E-state index contributed by atoms with van der Waals surface area (Å²) in [5.41, 5.74) is 0.886. The molecule has 0 unspecified atom stereocenters. The SMILES string of the molecule is Cc1cc(O)n(-c2cccc(S(=O)(=O)NC(=O)c3c(-c4ccc[nH]c4=O)c4cc(Cl)ccc4n3Cc3ccccc3F)c2)n1. The van der Waals surface area contributed by atoms with E-state index in [2.05, 4.69) is 14.8 Å². The number of fused-ring (bicyclic) bond motifs is 1. The van der Waals surface area contributed by atoms with Crippen LogP contribution < -0.4 is 10.3 Å². The van der Waals surface area contributed by atoms with Crippen molar-refractivity contribution in [2.45, 2.75) is 18.4 Å². The smallest absolute Gasteiger partial charge is 0.282 e. The molecule has 0 bridgehead atoms. The van der Waals surface area contributed by atoms with Gasteiger partial charge in [-0.3, -0.25) is 9.59 Å². The summed E-state index contributed by atoms with van der Waals surface area (Å²) in [6.07, 6.45) is 1.42. The zero-order chi connectivity index (χ0) is 31.2. The Bertz CT molecular complexity index is 2260. The monoisotopic (exact) mass is 631 g/mol. The Morgan fingerprint density at radius 3 is 2.57 bits per heavy atom. The first-order chi connectivity index (χ1) is 21.0. The van der Waals surface area contributed by atoms with Crippen LogP contribution in [0.3, 0.4) is 0 Å². The molecule has 3 N–H and O–H groups in total. The van der Waals surface area contributed by atoms with Gasteiger partial charge in [-0.05, 0) is 61.5 Å². The number of benzene rings is 3. The van der Waals surface area contributed by atoms with Crippen LogP contribution in [-0.2, 0) is 16.6 Å². The molecule has 0 saturated carbocycles. The molecule has 3 aromatic heterocycles. The molecule has 3 aromatic carbocycles. The first kappa shape index (κ1) is 28.9. The van der Waals surface area contributed by atoms with Gasteiger partial charge in [-0.25, -0.2) is 22.2 Å². The predicted molar refractivity (Wildman–Crippen MR) is 163 cm³/mol. The van der Waals surface area contributed by atoms with Gasteiger partial charge >= 0.3 is 0 Å². The van der Waals surface area contributed by atoms with E-state index in [-0.39, 0.29) is 45.4 Å². The number of aromatic nitrogens is 4. The zero-order valence-corrected chi connectivity index (χ0v) is 24.5. The predicted octanol–water partition coefficient (Wildman–Crippen LogP) is 5.16. The summed E-state index contributed by atoms with van der Waals surface area (Å²) in [6.45, 7) is 1.51. The fourth-order valence-electron chi connectivity index (χ4n) is 5.10. The van der Waals surface area contributed by atoms with Crippen LogP contribution in [0.1, 0.15) is 21.7 Å². The van der Waals surface area contributed by atoms with E-state index in [1.807, 2.05) is 0 Å². The lowest BCUT2D eigenvalue weighted by atomic mass is 10.0. The van der Waals surface area contributed by atoms with Crippen LogP contribution in [0.5, 0.6) is 5.88 Å². The van der Waals surface area contributed by atoms with Gasteiger partial charge in [0.05, 0.1) is 22.8 Å². The van der Waals surface area contributed by atoms with Gasteiger partial charge in [-0.2, -0.15) is 5.10 Å². The van der Waals surface area contributed by atoms with E-state index >= 15 is 0 Å². The topological polar surface area (TPSA) is 139 Å². The molecule has 3 heterocycles. The maximum Gasteiger partial charge on any atom is 0.282 e. The third kappa shape index (κ3) is 5.25. The number of halogens is 2. The van der Waals surface area contributed by atoms with Gasteiger partial charge in [0.1, 0.15) is 11.5 Å². The van der Waals surface area contributed by atoms with E-state index in [4.69, 9.17) is 11.6 Å². The number of carbonyl (C=O) groups is 1. The molecule has 10 nitrogen and oxygen atoms in total. The number of pyridine rings is 1. The standard InChI is InChI=1S/C31H23ClFN5O5S/c1-18-14-27(39)38(35-18)21-7-4-8-22(16-21)44(42,43)36-31(41)29-28(23-9-5-13-34-30(23)40)24-15-20(32)11-12-26(24)37(29)17-19-6-2-3-10-25(19)33/h2-16,39H,17H2,1H3,(H,34,40)(H,36,41). The minimum Gasteiger partial charge on any atom is -0.493 e. The van der Waals surface area contributed by atoms with Crippen LogP contribution in [-0.4, -0.2) is 38.8 Å². The molecular formula is C31H23ClFN5O5S. The van der Waals surface area contributed by atoms with Crippen LogP contribution in [0.25, 0.3) is 27.7 Å². The number of hydrogen-bond acceptors (Lipinski definition) is 6. The number of hydrogen-bond donors (Lipinski definition) is 3. The van der Waals surface area contributed by atoms with Crippen molar-refractivity contribution in [2.75, 3.05) is 0 Å². The van der Waals surface area contributed by atoms with E-state index in [9.17, 15) is 27.5 Å². The third-order valence-corrected chi connectivity index (χ3v) is 8.59. The summed E-state index contributed by atoms with van der Waals surface area (Å²) >= 11 is 6.33. The van der Waals surface area contributed by atoms with Crippen LogP contribution in [0.2, 0.25) is 5.02 Å². The number of sulfonamides is 1. The molecule has 0 atom stereocenters. The van der Waals surface area contributed by atoms with Gasteiger partial charge in [-0.1, -0.05) is 35.9 Å². The average Bonchev–Trinajstić information content (AvgIpc) is 3.49. The van der Waals surface area contributed by atoms with Gasteiger partial charge < -0.3 is 14.7 Å². The lowest BCUT2D eigenvalue weighted by Crippen LogP contribution is -2.33. The van der Waals surface area contributed by atoms with E-state index in [0.29, 0.717) is 21.6 Å². The molecule has 0 aliphatic heterocycles. The molecule has 6 aromatic rings. The third-order valence-electron chi connectivity index (χ3n) is 7.03. The van der Waals surface area contributed by atoms with Gasteiger partial charge in [0, 0.05) is 44.9 Å². The molecule has 0 spiro atoms. The summed E-state index contributed by atoms with van der Waals surface area (Å²) < 4.78 is 46.8. The molecule has 44 heavy (non-hydrogen) atoms. The molecule has 6 rings (SSSR count). The Hall–Kier alpha value is -5.20. The highest BCUT2D eigenvalue weighted by molar-refractivity contribution is 7.90. The van der Waals surface area contributed by atoms with Crippen LogP contribution in [0, 0.1) is 12.7 Å². The lowest BCUT2D eigenvalue weighted by molar-refractivity contribution is 0.0974. The maximum absolute atomic E-state index is 14.9. The van der Waals surface area contributed by atoms with Crippen molar-refractivity contribution in [2.24, 2.45) is 0 Å². The number of nitrogens with one attached hydrogen (secondary N) is 2. The molecule has 0 radical (unpaired) electrons. The van der Waals surface area contributed by atoms with Crippen molar-refractivity contribution in [3.05, 3.63) is 129 Å². The van der Waals surface area contributed by atoms with E-state index in [1.54, 1.807) is 49.4 Å². The van der Waals surface area contributed by atoms with E-state index in [1.165, 1.54) is 53.2 Å². The number of carbonyl (C=O) groups excluding carboxylic acids is 1. The molecule has 0 aliphatic carbocycles. The number of H-pyrrole nitrogens is 1. The molecular weight excluding hydrogens is 609 g/mol. The van der Waals surface area contributed by atoms with Gasteiger partial charge in [0.2, 0.25) is 5.88 Å². The first-order valence-corrected chi connectivity index (χ1v) is 15.1. The number of rotatable bonds is 7. The van der Waals surface area contributed by atoms with Gasteiger partial charge in [0.15, 0.2) is 0 Å². The first-order valence-electron chi connectivity index (χ1n) is 13.2. The average molecular weight is 632 g/mol. The van der Waals surface area contributed by atoms with Crippen molar-refractivity contribution in [3.8, 4) is 22.7 Å². The largest absolute Gasteiger partial charge is 0.493 e. The molecule has 0 saturated heterocycles. The Labute approximate surface area is 255 Å². The van der Waals surface area contributed by atoms with Crippen molar-refractivity contribution in [1.82, 2.24) is 24.1 Å². The van der Waals surface area contributed by atoms with Crippen molar-refractivity contribution in [3.63, 3.8) is 0 Å². The molecule has 0 fully saturated rings. The molecule has 1 amide bonds. The quantitative estimate of drug-likeness (QED) is 0.223. The highest BCUT2D eigenvalue weighted by atomic mass is 35.5. The van der Waals surface area contributed by atoms with Crippen LogP contribution >= 0.6 is 11.6 Å². The van der Waals surface area contributed by atoms with Crippen molar-refractivity contribution in [1.29, 1.82) is 0 Å². The summed E-state index contributed by atoms with van der Waals surface area (Å²) in [5.74, 6) is -1.79. The second-order valence-electron chi connectivity index (χ2n) is 9.96. The minimum atomic E-state index is -4.52. The Kier molecular flexibility index (Phi) is 7.31. The summed E-state index contributed by atoms with van der Waals surface area (Å²) in [7, 11) is -4.52. The Morgan fingerprint density at radius 2 is 1.84 bits per heavy atom. The van der Waals surface area contributed by atoms with Crippen LogP contribution in [0.4, 0.5) is 4.39 Å². The summed E-state index contributed by atoms with van der Waals surface area (Å²) in [4.78, 5) is 29.4. The lowest BCUT2D eigenvalue weighted by Gasteiger charge is -2.14. The van der Waals surface area contributed by atoms with Gasteiger partial charge in [-0.15, -0.1) is 0 Å². The normalized spacial score (nSPS) is 11.6. The number of aromatic hydroxyl groups is 1. The zero-order valence-electron chi connectivity index (χ0n) is 23.0. The highest BCUT2D eigenvalue weighted by Crippen LogP contribution is 2.36. The Balaban J connectivity index is 1.53. The fraction of sp³-hybridized carbons (Fsp3) is 0.0645. The molecule has 222 valence electrons. The van der Waals surface area contributed by atoms with Gasteiger partial charge in [0.25, 0.3) is 21.5 Å². The summed E-state index contributed by atoms with van der Waals surface area (Å²) in [6, 6.07) is 20.7. The summed E-state index contributed by atoms with van der Waals surface area (Å²) in [5, 5.41) is 15.1. The second kappa shape index (κ2) is 11.1. The van der Waals surface area contributed by atoms with Crippen molar-refractivity contribution < 1.29 is 22.7 Å². The Morgan fingerprint density at radius 1 is 1.05 bits per heavy atom. The van der Waals surface area contributed by atoms with Crippen LogP contribution in [0.15, 0.2) is 101 Å². The molecule has 13 heteroatoms. The minimum absolute atomic E-state index is 0.0844. The second-order valence-corrected chi connectivity index (χ2v) is 12.1. The number of amides is 1. The molecule has 0 aliphatic rings. The van der Waals surface area contributed by atoms with E-state index in [0.717, 1.165) is 4.68 Å². The number of nitrogens with zero attached hydrogens (tertiary/aromatic N) is 3. The number of aromatic amines is 1.